The minimum Gasteiger partial charge on any atom is -0.485 e. The van der Waals surface area contributed by atoms with Gasteiger partial charge in [-0.15, -0.1) is 20.6 Å². The van der Waals surface area contributed by atoms with Crippen molar-refractivity contribution in [2.45, 2.75) is 20.5 Å². The molecular formula is C19H21N2OPS. The zero-order valence-electron chi connectivity index (χ0n) is 14.1. The van der Waals surface area contributed by atoms with Crippen LogP contribution in [0.3, 0.4) is 0 Å². The monoisotopic (exact) mass is 356 g/mol. The fourth-order valence-electron chi connectivity index (χ4n) is 2.53. The lowest BCUT2D eigenvalue weighted by atomic mass is 10.1. The number of hydrogen-bond acceptors (Lipinski definition) is 4. The van der Waals surface area contributed by atoms with Crippen molar-refractivity contribution in [1.82, 2.24) is 4.98 Å². The van der Waals surface area contributed by atoms with E-state index in [4.69, 9.17) is 4.74 Å². The predicted molar refractivity (Wildman–Crippen MR) is 107 cm³/mol. The Hall–Kier alpha value is -1.90. The molecule has 0 amide bonds. The smallest absolute Gasteiger partial charge is 0.168 e. The molecule has 1 atom stereocenters. The molecule has 0 spiro atoms. The summed E-state index contributed by atoms with van der Waals surface area (Å²) in [5.41, 5.74) is 4.77. The van der Waals surface area contributed by atoms with Gasteiger partial charge in [0.2, 0.25) is 0 Å². The summed E-state index contributed by atoms with van der Waals surface area (Å²) < 4.78 is 6.11. The SMILES string of the molecule is CNc1ncc(-c2cc(C)cs2)cc1OCc1c(C)cccc1P. The Morgan fingerprint density at radius 2 is 2.08 bits per heavy atom. The van der Waals surface area contributed by atoms with Gasteiger partial charge >= 0.3 is 0 Å². The van der Waals surface area contributed by atoms with Crippen molar-refractivity contribution in [2.75, 3.05) is 12.4 Å². The highest BCUT2D eigenvalue weighted by molar-refractivity contribution is 7.27. The zero-order chi connectivity index (χ0) is 17.1. The van der Waals surface area contributed by atoms with E-state index in [0.29, 0.717) is 6.61 Å². The van der Waals surface area contributed by atoms with E-state index in [0.717, 1.165) is 17.1 Å². The van der Waals surface area contributed by atoms with Gasteiger partial charge in [-0.2, -0.15) is 0 Å². The minimum absolute atomic E-state index is 0.523. The lowest BCUT2D eigenvalue weighted by Crippen LogP contribution is -2.09. The van der Waals surface area contributed by atoms with Gasteiger partial charge in [0.05, 0.1) is 0 Å². The standard InChI is InChI=1S/C19H21N2OPS/c1-12-7-18(24-11-12)14-8-16(19(20-3)21-9-14)22-10-15-13(2)5-4-6-17(15)23/h4-9,11H,10,23H2,1-3H3,(H,20,21). The third kappa shape index (κ3) is 3.61. The van der Waals surface area contributed by atoms with Gasteiger partial charge in [0.15, 0.2) is 11.6 Å². The minimum atomic E-state index is 0.523. The Morgan fingerprint density at radius 3 is 2.75 bits per heavy atom. The van der Waals surface area contributed by atoms with Crippen molar-refractivity contribution in [2.24, 2.45) is 0 Å². The molecule has 24 heavy (non-hydrogen) atoms. The molecule has 3 rings (SSSR count). The normalized spacial score (nSPS) is 10.7. The molecule has 0 aliphatic rings. The first-order chi connectivity index (χ1) is 11.6. The highest BCUT2D eigenvalue weighted by atomic mass is 32.1. The fraction of sp³-hybridized carbons (Fsp3) is 0.211. The van der Waals surface area contributed by atoms with Crippen LogP contribution in [0.5, 0.6) is 5.75 Å². The second-order valence-electron chi connectivity index (χ2n) is 5.74. The first-order valence-electron chi connectivity index (χ1n) is 7.78. The van der Waals surface area contributed by atoms with Crippen LogP contribution in [0, 0.1) is 13.8 Å². The van der Waals surface area contributed by atoms with Crippen molar-refractivity contribution >= 4 is 31.7 Å². The molecule has 0 radical (unpaired) electrons. The number of thiophene rings is 1. The van der Waals surface area contributed by atoms with E-state index in [2.05, 4.69) is 69.1 Å². The van der Waals surface area contributed by atoms with Crippen molar-refractivity contribution in [1.29, 1.82) is 0 Å². The van der Waals surface area contributed by atoms with E-state index in [-0.39, 0.29) is 0 Å². The van der Waals surface area contributed by atoms with Gasteiger partial charge in [-0.3, -0.25) is 0 Å². The molecule has 5 heteroatoms. The maximum absolute atomic E-state index is 6.11. The molecule has 2 heterocycles. The van der Waals surface area contributed by atoms with E-state index in [1.165, 1.54) is 26.9 Å². The Labute approximate surface area is 149 Å². The number of hydrogen-bond donors (Lipinski definition) is 1. The van der Waals surface area contributed by atoms with Gasteiger partial charge in [0.1, 0.15) is 6.61 Å². The molecule has 1 unspecified atom stereocenters. The molecule has 1 aromatic carbocycles. The lowest BCUT2D eigenvalue weighted by molar-refractivity contribution is 0.307. The molecule has 0 bridgehead atoms. The number of nitrogens with zero attached hydrogens (tertiary/aromatic N) is 1. The number of benzene rings is 1. The molecule has 2 aromatic heterocycles. The molecule has 0 saturated carbocycles. The van der Waals surface area contributed by atoms with Gasteiger partial charge in [-0.25, -0.2) is 4.98 Å². The Balaban J connectivity index is 1.89. The summed E-state index contributed by atoms with van der Waals surface area (Å²) in [5.74, 6) is 1.53. The van der Waals surface area contributed by atoms with Crippen LogP contribution in [0.15, 0.2) is 41.9 Å². The highest BCUT2D eigenvalue weighted by Gasteiger charge is 2.10. The summed E-state index contributed by atoms with van der Waals surface area (Å²) in [7, 11) is 4.64. The van der Waals surface area contributed by atoms with Crippen molar-refractivity contribution < 1.29 is 4.74 Å². The largest absolute Gasteiger partial charge is 0.485 e. The maximum Gasteiger partial charge on any atom is 0.168 e. The van der Waals surface area contributed by atoms with Crippen LogP contribution in [0.2, 0.25) is 0 Å². The molecule has 124 valence electrons. The summed E-state index contributed by atoms with van der Waals surface area (Å²) in [6, 6.07) is 10.5. The number of nitrogens with one attached hydrogen (secondary N) is 1. The molecule has 0 aliphatic carbocycles. The summed E-state index contributed by atoms with van der Waals surface area (Å²) in [6.07, 6.45) is 1.89. The number of anilines is 1. The van der Waals surface area contributed by atoms with Crippen molar-refractivity contribution in [3.8, 4) is 16.2 Å². The summed E-state index contributed by atoms with van der Waals surface area (Å²) in [6.45, 7) is 4.73. The number of aryl methyl sites for hydroxylation is 2. The first-order valence-corrected chi connectivity index (χ1v) is 9.24. The van der Waals surface area contributed by atoms with Crippen LogP contribution in [0.25, 0.3) is 10.4 Å². The first kappa shape index (κ1) is 16.9. The number of ether oxygens (including phenoxy) is 1. The van der Waals surface area contributed by atoms with Crippen LogP contribution in [-0.4, -0.2) is 12.0 Å². The summed E-state index contributed by atoms with van der Waals surface area (Å²) >= 11 is 1.72. The van der Waals surface area contributed by atoms with Crippen LogP contribution in [-0.2, 0) is 6.61 Å². The van der Waals surface area contributed by atoms with Gasteiger partial charge < -0.3 is 10.1 Å². The molecular weight excluding hydrogens is 335 g/mol. The van der Waals surface area contributed by atoms with Gasteiger partial charge in [-0.1, -0.05) is 18.2 Å². The van der Waals surface area contributed by atoms with Crippen LogP contribution in [0.1, 0.15) is 16.7 Å². The second-order valence-corrected chi connectivity index (χ2v) is 7.27. The van der Waals surface area contributed by atoms with E-state index in [9.17, 15) is 0 Å². The summed E-state index contributed by atoms with van der Waals surface area (Å²) in [4.78, 5) is 5.71. The quantitative estimate of drug-likeness (QED) is 0.681. The number of aromatic nitrogens is 1. The number of pyridine rings is 1. The average molecular weight is 356 g/mol. The molecule has 3 aromatic rings. The Morgan fingerprint density at radius 1 is 1.25 bits per heavy atom. The van der Waals surface area contributed by atoms with Gasteiger partial charge in [0, 0.05) is 23.7 Å². The van der Waals surface area contributed by atoms with E-state index in [1.807, 2.05) is 13.2 Å². The third-order valence-electron chi connectivity index (χ3n) is 3.92. The Bertz CT molecular complexity index is 840. The third-order valence-corrected chi connectivity index (χ3v) is 5.56. The molecule has 0 aliphatic heterocycles. The molecule has 3 nitrogen and oxygen atoms in total. The van der Waals surface area contributed by atoms with Gasteiger partial charge in [-0.05, 0) is 53.4 Å². The predicted octanol–water partition coefficient (Wildman–Crippen LogP) is 4.55. The maximum atomic E-state index is 6.11. The van der Waals surface area contributed by atoms with Gasteiger partial charge in [0.25, 0.3) is 0 Å². The van der Waals surface area contributed by atoms with Crippen molar-refractivity contribution in [3.05, 3.63) is 58.6 Å². The number of rotatable bonds is 5. The summed E-state index contributed by atoms with van der Waals surface area (Å²) in [5, 5.41) is 6.42. The topological polar surface area (TPSA) is 34.2 Å². The molecule has 0 fully saturated rings. The second kappa shape index (κ2) is 7.33. The van der Waals surface area contributed by atoms with E-state index < -0.39 is 0 Å². The van der Waals surface area contributed by atoms with Crippen LogP contribution >= 0.6 is 20.6 Å². The van der Waals surface area contributed by atoms with E-state index in [1.54, 1.807) is 11.3 Å². The molecule has 0 saturated heterocycles. The Kier molecular flexibility index (Phi) is 5.17. The zero-order valence-corrected chi connectivity index (χ0v) is 16.1. The fourth-order valence-corrected chi connectivity index (χ4v) is 3.84. The van der Waals surface area contributed by atoms with Crippen LogP contribution < -0.4 is 15.4 Å². The van der Waals surface area contributed by atoms with Crippen LogP contribution in [0.4, 0.5) is 5.82 Å². The molecule has 1 N–H and O–H groups in total. The van der Waals surface area contributed by atoms with Crippen molar-refractivity contribution in [3.63, 3.8) is 0 Å². The lowest BCUT2D eigenvalue weighted by Gasteiger charge is -2.14. The van der Waals surface area contributed by atoms with E-state index >= 15 is 0 Å². The average Bonchev–Trinajstić information content (AvgIpc) is 3.01. The highest BCUT2D eigenvalue weighted by Crippen LogP contribution is 2.32.